The number of carbonyl (C=O) groups is 1. The molecule has 5 nitrogen and oxygen atoms in total. The van der Waals surface area contributed by atoms with Crippen LogP contribution in [0.2, 0.25) is 0 Å². The van der Waals surface area contributed by atoms with E-state index < -0.39 is 11.5 Å². The van der Waals surface area contributed by atoms with Crippen molar-refractivity contribution in [1.82, 2.24) is 15.1 Å². The Morgan fingerprint density at radius 1 is 1.44 bits per heavy atom. The topological polar surface area (TPSA) is 55.8 Å². The minimum atomic E-state index is -0.826. The number of rotatable bonds is 5. The van der Waals surface area contributed by atoms with E-state index in [1.54, 1.807) is 14.0 Å². The smallest absolute Gasteiger partial charge is 0.323 e. The molecule has 2 N–H and O–H groups in total. The van der Waals surface area contributed by atoms with Gasteiger partial charge in [-0.05, 0) is 41.3 Å². The lowest BCUT2D eigenvalue weighted by Gasteiger charge is -2.46. The van der Waals surface area contributed by atoms with Gasteiger partial charge in [-0.15, -0.1) is 0 Å². The predicted octanol–water partition coefficient (Wildman–Crippen LogP) is 0.465. The second kappa shape index (κ2) is 5.55. The van der Waals surface area contributed by atoms with Crippen LogP contribution in [0.4, 0.5) is 0 Å². The van der Waals surface area contributed by atoms with Crippen LogP contribution in [0.5, 0.6) is 0 Å². The summed E-state index contributed by atoms with van der Waals surface area (Å²) in [6.07, 6.45) is 0.624. The molecular formula is C13H27N3O2. The van der Waals surface area contributed by atoms with Crippen LogP contribution in [0, 0.1) is 0 Å². The molecule has 0 aromatic carbocycles. The molecule has 0 spiro atoms. The molecule has 18 heavy (non-hydrogen) atoms. The van der Waals surface area contributed by atoms with Gasteiger partial charge in [-0.3, -0.25) is 9.69 Å². The van der Waals surface area contributed by atoms with Crippen LogP contribution in [0.15, 0.2) is 0 Å². The zero-order valence-corrected chi connectivity index (χ0v) is 12.3. The summed E-state index contributed by atoms with van der Waals surface area (Å²) in [6.45, 7) is 10.1. The van der Waals surface area contributed by atoms with E-state index in [0.717, 1.165) is 26.2 Å². The lowest BCUT2D eigenvalue weighted by atomic mass is 9.95. The van der Waals surface area contributed by atoms with Crippen molar-refractivity contribution in [3.63, 3.8) is 0 Å². The summed E-state index contributed by atoms with van der Waals surface area (Å²) in [5.74, 6) is -0.779. The number of carboxylic acids is 1. The van der Waals surface area contributed by atoms with Crippen molar-refractivity contribution >= 4 is 5.97 Å². The van der Waals surface area contributed by atoms with E-state index in [0.29, 0.717) is 6.42 Å². The molecule has 1 fully saturated rings. The van der Waals surface area contributed by atoms with Gasteiger partial charge in [0.2, 0.25) is 0 Å². The lowest BCUT2D eigenvalue weighted by Crippen LogP contribution is -2.58. The summed E-state index contributed by atoms with van der Waals surface area (Å²) in [5, 5.41) is 12.1. The Balaban J connectivity index is 2.52. The number of hydrogen-bond acceptors (Lipinski definition) is 4. The van der Waals surface area contributed by atoms with Gasteiger partial charge >= 0.3 is 5.97 Å². The van der Waals surface area contributed by atoms with Crippen LogP contribution < -0.4 is 5.32 Å². The molecule has 0 saturated carbocycles. The van der Waals surface area contributed by atoms with Crippen LogP contribution in [-0.2, 0) is 4.79 Å². The Morgan fingerprint density at radius 3 is 2.50 bits per heavy atom. The predicted molar refractivity (Wildman–Crippen MR) is 72.9 cm³/mol. The molecule has 0 radical (unpaired) electrons. The highest BCUT2D eigenvalue weighted by Crippen LogP contribution is 2.20. The van der Waals surface area contributed by atoms with Gasteiger partial charge in [0, 0.05) is 31.7 Å². The molecule has 1 rings (SSSR count). The zero-order valence-electron chi connectivity index (χ0n) is 12.3. The zero-order chi connectivity index (χ0) is 14.0. The number of hydrogen-bond donors (Lipinski definition) is 2. The van der Waals surface area contributed by atoms with Crippen molar-refractivity contribution in [3.05, 3.63) is 0 Å². The highest BCUT2D eigenvalue weighted by Gasteiger charge is 2.34. The second-order valence-electron chi connectivity index (χ2n) is 6.15. The maximum atomic E-state index is 11.2. The summed E-state index contributed by atoms with van der Waals surface area (Å²) >= 11 is 0. The average Bonchev–Trinajstić information content (AvgIpc) is 2.29. The Bertz CT molecular complexity index is 307. The standard InChI is InChI=1S/C13H27N3O2/c1-12(2)10-16(9-8-15(12)5)7-6-13(3,14-4)11(17)18/h14H,6-10H2,1-5H3,(H,17,18). The highest BCUT2D eigenvalue weighted by molar-refractivity contribution is 5.78. The quantitative estimate of drug-likeness (QED) is 0.749. The van der Waals surface area contributed by atoms with Gasteiger partial charge in [-0.1, -0.05) is 0 Å². The van der Waals surface area contributed by atoms with Gasteiger partial charge < -0.3 is 15.3 Å². The number of nitrogens with one attached hydrogen (secondary N) is 1. The fourth-order valence-corrected chi connectivity index (χ4v) is 2.25. The molecule has 0 aromatic heterocycles. The number of likely N-dealkylation sites (N-methyl/N-ethyl adjacent to an activating group) is 2. The molecule has 106 valence electrons. The number of carboxylic acid groups (broad SMARTS) is 1. The van der Waals surface area contributed by atoms with Crippen molar-refractivity contribution in [3.8, 4) is 0 Å². The van der Waals surface area contributed by atoms with Crippen LogP contribution in [0.25, 0.3) is 0 Å². The molecule has 1 atom stereocenters. The van der Waals surface area contributed by atoms with Crippen LogP contribution >= 0.6 is 0 Å². The van der Waals surface area contributed by atoms with Crippen LogP contribution in [0.3, 0.4) is 0 Å². The first-order valence-corrected chi connectivity index (χ1v) is 6.57. The normalized spacial score (nSPS) is 24.7. The van der Waals surface area contributed by atoms with Crippen molar-refractivity contribution in [2.75, 3.05) is 40.3 Å². The van der Waals surface area contributed by atoms with E-state index in [4.69, 9.17) is 0 Å². The third kappa shape index (κ3) is 3.43. The van der Waals surface area contributed by atoms with E-state index in [1.807, 2.05) is 0 Å². The molecule has 1 heterocycles. The third-order valence-corrected chi connectivity index (χ3v) is 4.35. The Kier molecular flexibility index (Phi) is 4.75. The third-order valence-electron chi connectivity index (χ3n) is 4.35. The van der Waals surface area contributed by atoms with E-state index in [1.165, 1.54) is 0 Å². The van der Waals surface area contributed by atoms with Gasteiger partial charge in [-0.25, -0.2) is 0 Å². The number of nitrogens with zero attached hydrogens (tertiary/aromatic N) is 2. The van der Waals surface area contributed by atoms with Crippen molar-refractivity contribution in [2.45, 2.75) is 38.3 Å². The second-order valence-corrected chi connectivity index (χ2v) is 6.15. The monoisotopic (exact) mass is 257 g/mol. The Hall–Kier alpha value is -0.650. The van der Waals surface area contributed by atoms with Gasteiger partial charge in [0.25, 0.3) is 0 Å². The molecule has 5 heteroatoms. The van der Waals surface area contributed by atoms with Gasteiger partial charge in [0.15, 0.2) is 0 Å². The highest BCUT2D eigenvalue weighted by atomic mass is 16.4. The average molecular weight is 257 g/mol. The molecule has 1 aliphatic rings. The molecule has 0 bridgehead atoms. The summed E-state index contributed by atoms with van der Waals surface area (Å²) in [4.78, 5) is 15.9. The summed E-state index contributed by atoms with van der Waals surface area (Å²) in [7, 11) is 3.86. The lowest BCUT2D eigenvalue weighted by molar-refractivity contribution is -0.144. The molecule has 1 aliphatic heterocycles. The first-order valence-electron chi connectivity index (χ1n) is 6.57. The van der Waals surface area contributed by atoms with Gasteiger partial charge in [-0.2, -0.15) is 0 Å². The van der Waals surface area contributed by atoms with E-state index in [2.05, 4.69) is 36.0 Å². The van der Waals surface area contributed by atoms with Gasteiger partial charge in [0.05, 0.1) is 0 Å². The van der Waals surface area contributed by atoms with E-state index >= 15 is 0 Å². The molecule has 1 saturated heterocycles. The Labute approximate surface area is 110 Å². The van der Waals surface area contributed by atoms with Crippen molar-refractivity contribution in [2.24, 2.45) is 0 Å². The summed E-state index contributed by atoms with van der Waals surface area (Å²) < 4.78 is 0. The van der Waals surface area contributed by atoms with Crippen LogP contribution in [0.1, 0.15) is 27.2 Å². The fourth-order valence-electron chi connectivity index (χ4n) is 2.25. The molecule has 0 amide bonds. The molecule has 0 aliphatic carbocycles. The number of aliphatic carboxylic acids is 1. The maximum absolute atomic E-state index is 11.2. The summed E-state index contributed by atoms with van der Waals surface area (Å²) in [5.41, 5.74) is -0.662. The fraction of sp³-hybridized carbons (Fsp3) is 0.923. The van der Waals surface area contributed by atoms with Crippen molar-refractivity contribution in [1.29, 1.82) is 0 Å². The number of piperazine rings is 1. The van der Waals surface area contributed by atoms with E-state index in [9.17, 15) is 9.90 Å². The van der Waals surface area contributed by atoms with Gasteiger partial charge in [0.1, 0.15) is 5.54 Å². The minimum absolute atomic E-state index is 0.164. The molecular weight excluding hydrogens is 230 g/mol. The maximum Gasteiger partial charge on any atom is 0.323 e. The Morgan fingerprint density at radius 2 is 2.06 bits per heavy atom. The largest absolute Gasteiger partial charge is 0.480 e. The van der Waals surface area contributed by atoms with Crippen molar-refractivity contribution < 1.29 is 9.90 Å². The van der Waals surface area contributed by atoms with Crippen LogP contribution in [-0.4, -0.2) is 72.2 Å². The molecule has 0 aromatic rings. The summed E-state index contributed by atoms with van der Waals surface area (Å²) in [6, 6.07) is 0. The first-order chi connectivity index (χ1) is 8.21. The molecule has 1 unspecified atom stereocenters. The minimum Gasteiger partial charge on any atom is -0.480 e. The first kappa shape index (κ1) is 15.4. The van der Waals surface area contributed by atoms with E-state index in [-0.39, 0.29) is 5.54 Å². The SMILES string of the molecule is CNC(C)(CCN1CCN(C)C(C)(C)C1)C(=O)O.